The summed E-state index contributed by atoms with van der Waals surface area (Å²) in [7, 11) is 0. The lowest BCUT2D eigenvalue weighted by Gasteiger charge is -2.38. The van der Waals surface area contributed by atoms with Crippen LogP contribution in [0.15, 0.2) is 116 Å². The van der Waals surface area contributed by atoms with Gasteiger partial charge in [0, 0.05) is 33.7 Å². The lowest BCUT2D eigenvalue weighted by atomic mass is 9.66. The maximum absolute atomic E-state index is 9.65. The molecular weight excluding hydrogens is 530 g/mol. The summed E-state index contributed by atoms with van der Waals surface area (Å²) in [5, 5.41) is 21.1. The summed E-state index contributed by atoms with van der Waals surface area (Å²) in [4.78, 5) is 9.96. The molecule has 0 amide bonds. The quantitative estimate of drug-likeness (QED) is 0.209. The van der Waals surface area contributed by atoms with Crippen LogP contribution in [0.1, 0.15) is 33.4 Å². The molecule has 0 fully saturated rings. The van der Waals surface area contributed by atoms with E-state index >= 15 is 0 Å². The zero-order chi connectivity index (χ0) is 28.7. The average molecular weight is 550 g/mol. The van der Waals surface area contributed by atoms with E-state index in [2.05, 4.69) is 53.1 Å². The maximum Gasteiger partial charge on any atom is 0.132 e. The fourth-order valence-electron chi connectivity index (χ4n) is 7.11. The third kappa shape index (κ3) is 2.94. The molecule has 43 heavy (non-hydrogen) atoms. The summed E-state index contributed by atoms with van der Waals surface area (Å²) < 4.78 is 8.63. The van der Waals surface area contributed by atoms with Crippen molar-refractivity contribution in [2.75, 3.05) is 0 Å². The largest absolute Gasteiger partial charge is 0.457 e. The van der Waals surface area contributed by atoms with Gasteiger partial charge in [-0.2, -0.15) is 10.5 Å². The van der Waals surface area contributed by atoms with Gasteiger partial charge in [-0.15, -0.1) is 0 Å². The molecule has 3 aromatic heterocycles. The highest BCUT2D eigenvalue weighted by atomic mass is 16.5. The zero-order valence-electron chi connectivity index (χ0n) is 22.6. The van der Waals surface area contributed by atoms with E-state index in [0.29, 0.717) is 11.1 Å². The van der Waals surface area contributed by atoms with Crippen molar-refractivity contribution in [3.63, 3.8) is 0 Å². The number of fused-ring (bicyclic) bond motifs is 12. The minimum Gasteiger partial charge on any atom is -0.457 e. The van der Waals surface area contributed by atoms with Crippen LogP contribution >= 0.6 is 0 Å². The molecule has 0 atom stereocenters. The molecule has 2 aliphatic rings. The summed E-state index contributed by atoms with van der Waals surface area (Å²) >= 11 is 0. The fourth-order valence-corrected chi connectivity index (χ4v) is 7.11. The van der Waals surface area contributed by atoms with Crippen LogP contribution in [0.5, 0.6) is 11.5 Å². The molecule has 0 saturated carbocycles. The van der Waals surface area contributed by atoms with Gasteiger partial charge in [-0.05, 0) is 66.2 Å². The molecule has 0 bridgehead atoms. The zero-order valence-corrected chi connectivity index (χ0v) is 22.6. The van der Waals surface area contributed by atoms with E-state index in [1.54, 1.807) is 0 Å². The molecule has 1 aliphatic carbocycles. The number of benzene rings is 4. The predicted molar refractivity (Wildman–Crippen MR) is 163 cm³/mol. The number of nitriles is 2. The van der Waals surface area contributed by atoms with Crippen molar-refractivity contribution >= 4 is 21.8 Å². The standard InChI is InChI=1S/C37H19N5O/c38-19-22-11-13-31-25(16-22)26-17-23(20-39)12-14-32(26)42(31)24-18-30-36(41-21-24)35-29(8-5-15-40-35)37(30)27-6-1-3-9-33(27)43-34-10-4-2-7-28(34)37/h1-18,21H. The van der Waals surface area contributed by atoms with Crippen molar-refractivity contribution in [3.8, 4) is 40.7 Å². The Bertz CT molecular complexity index is 2310. The summed E-state index contributed by atoms with van der Waals surface area (Å²) in [6.07, 6.45) is 3.71. The number of para-hydroxylation sites is 2. The summed E-state index contributed by atoms with van der Waals surface area (Å²) in [5.41, 5.74) is 9.06. The van der Waals surface area contributed by atoms with Crippen molar-refractivity contribution in [2.45, 2.75) is 5.41 Å². The van der Waals surface area contributed by atoms with Gasteiger partial charge in [0.2, 0.25) is 0 Å². The topological polar surface area (TPSA) is 87.5 Å². The molecule has 0 N–H and O–H groups in total. The first kappa shape index (κ1) is 23.5. The number of hydrogen-bond donors (Lipinski definition) is 0. The van der Waals surface area contributed by atoms with E-state index in [9.17, 15) is 10.5 Å². The number of hydrogen-bond acceptors (Lipinski definition) is 5. The van der Waals surface area contributed by atoms with Crippen LogP contribution in [0.4, 0.5) is 0 Å². The second-order valence-electron chi connectivity index (χ2n) is 10.9. The number of ether oxygens (including phenoxy) is 1. The summed E-state index contributed by atoms with van der Waals surface area (Å²) in [5.74, 6) is 1.61. The van der Waals surface area contributed by atoms with Crippen molar-refractivity contribution in [1.29, 1.82) is 10.5 Å². The van der Waals surface area contributed by atoms with Gasteiger partial charge in [-0.25, -0.2) is 0 Å². The second-order valence-corrected chi connectivity index (χ2v) is 10.9. The Hall–Kier alpha value is -6.24. The Balaban J connectivity index is 1.41. The Labute approximate surface area is 246 Å². The Morgan fingerprint density at radius 2 is 1.19 bits per heavy atom. The monoisotopic (exact) mass is 549 g/mol. The van der Waals surface area contributed by atoms with E-state index in [1.165, 1.54) is 0 Å². The molecule has 6 nitrogen and oxygen atoms in total. The highest BCUT2D eigenvalue weighted by Crippen LogP contribution is 2.61. The van der Waals surface area contributed by atoms with Crippen molar-refractivity contribution in [3.05, 3.63) is 149 Å². The van der Waals surface area contributed by atoms with Gasteiger partial charge in [0.15, 0.2) is 0 Å². The minimum absolute atomic E-state index is 0.567. The van der Waals surface area contributed by atoms with Gasteiger partial charge >= 0.3 is 0 Å². The molecule has 7 aromatic rings. The molecule has 1 aliphatic heterocycles. The van der Waals surface area contributed by atoms with Crippen LogP contribution in [-0.4, -0.2) is 14.5 Å². The van der Waals surface area contributed by atoms with Crippen molar-refractivity contribution in [1.82, 2.24) is 14.5 Å². The maximum atomic E-state index is 9.65. The molecule has 4 heterocycles. The van der Waals surface area contributed by atoms with E-state index in [4.69, 9.17) is 14.7 Å². The number of rotatable bonds is 1. The van der Waals surface area contributed by atoms with E-state index < -0.39 is 5.41 Å². The molecule has 0 unspecified atom stereocenters. The van der Waals surface area contributed by atoms with Crippen molar-refractivity contribution in [2.24, 2.45) is 0 Å². The predicted octanol–water partition coefficient (Wildman–Crippen LogP) is 7.79. The van der Waals surface area contributed by atoms with Gasteiger partial charge in [0.1, 0.15) is 11.5 Å². The molecular formula is C37H19N5O. The summed E-state index contributed by atoms with van der Waals surface area (Å²) in [6.45, 7) is 0. The highest BCUT2D eigenvalue weighted by Gasteiger charge is 2.52. The van der Waals surface area contributed by atoms with Crippen LogP contribution in [0, 0.1) is 22.7 Å². The van der Waals surface area contributed by atoms with Crippen LogP contribution in [0.3, 0.4) is 0 Å². The van der Waals surface area contributed by atoms with Gasteiger partial charge in [0.05, 0.1) is 63.0 Å². The lowest BCUT2D eigenvalue weighted by molar-refractivity contribution is 0.436. The Morgan fingerprint density at radius 3 is 1.81 bits per heavy atom. The third-order valence-corrected chi connectivity index (χ3v) is 8.80. The summed E-state index contributed by atoms with van der Waals surface area (Å²) in [6, 6.07) is 38.7. The molecule has 9 rings (SSSR count). The Morgan fingerprint density at radius 1 is 0.605 bits per heavy atom. The first-order valence-corrected chi connectivity index (χ1v) is 13.9. The second kappa shape index (κ2) is 8.39. The van der Waals surface area contributed by atoms with E-state index in [1.807, 2.05) is 79.1 Å². The normalized spacial score (nSPS) is 13.4. The number of pyridine rings is 2. The molecule has 1 spiro atoms. The van der Waals surface area contributed by atoms with Crippen LogP contribution in [0.2, 0.25) is 0 Å². The van der Waals surface area contributed by atoms with E-state index in [0.717, 1.165) is 72.6 Å². The SMILES string of the molecule is N#Cc1ccc2c(c1)c1cc(C#N)ccc1n2-c1cnc2c(c1)C1(c3ccccc3Oc3ccccc31)c1cccnc1-2. The smallest absolute Gasteiger partial charge is 0.132 e. The molecule has 6 heteroatoms. The average Bonchev–Trinajstić information content (AvgIpc) is 3.54. The molecule has 198 valence electrons. The van der Waals surface area contributed by atoms with Crippen LogP contribution in [-0.2, 0) is 5.41 Å². The first-order chi connectivity index (χ1) is 21.2. The highest BCUT2D eigenvalue weighted by molar-refractivity contribution is 6.10. The van der Waals surface area contributed by atoms with Crippen molar-refractivity contribution < 1.29 is 4.74 Å². The van der Waals surface area contributed by atoms with Crippen LogP contribution in [0.25, 0.3) is 38.9 Å². The van der Waals surface area contributed by atoms with Crippen LogP contribution < -0.4 is 4.74 Å². The van der Waals surface area contributed by atoms with Gasteiger partial charge in [-0.1, -0.05) is 42.5 Å². The lowest BCUT2D eigenvalue weighted by Crippen LogP contribution is -2.32. The number of aromatic nitrogens is 3. The minimum atomic E-state index is -0.686. The van der Waals surface area contributed by atoms with Gasteiger partial charge < -0.3 is 9.30 Å². The first-order valence-electron chi connectivity index (χ1n) is 13.9. The molecule has 0 radical (unpaired) electrons. The van der Waals surface area contributed by atoms with Gasteiger partial charge in [-0.3, -0.25) is 9.97 Å². The fraction of sp³-hybridized carbons (Fsp3) is 0.0270. The van der Waals surface area contributed by atoms with E-state index in [-0.39, 0.29) is 0 Å². The van der Waals surface area contributed by atoms with Gasteiger partial charge in [0.25, 0.3) is 0 Å². The number of nitrogens with zero attached hydrogens (tertiary/aromatic N) is 5. The Kier molecular flexibility index (Phi) is 4.58. The third-order valence-electron chi connectivity index (χ3n) is 8.80. The molecule has 4 aromatic carbocycles. The molecule has 0 saturated heterocycles.